The number of urea groups is 1. The van der Waals surface area contributed by atoms with E-state index in [2.05, 4.69) is 21.6 Å². The van der Waals surface area contributed by atoms with E-state index in [1.165, 1.54) is 5.56 Å². The molecule has 2 aromatic rings. The highest BCUT2D eigenvalue weighted by Gasteiger charge is 2.18. The molecule has 2 N–H and O–H groups in total. The van der Waals surface area contributed by atoms with Gasteiger partial charge in [-0.2, -0.15) is 0 Å². The molecule has 0 aromatic heterocycles. The average Bonchev–Trinajstić information content (AvgIpc) is 2.85. The van der Waals surface area contributed by atoms with Crippen molar-refractivity contribution in [2.75, 3.05) is 31.6 Å². The Balaban J connectivity index is 1.74. The third-order valence-electron chi connectivity index (χ3n) is 4.38. The summed E-state index contributed by atoms with van der Waals surface area (Å²) < 4.78 is 11.7. The fourth-order valence-electron chi connectivity index (χ4n) is 3.17. The molecular weight excluding hydrogens is 342 g/mol. The van der Waals surface area contributed by atoms with Gasteiger partial charge in [0.1, 0.15) is 18.1 Å². The highest BCUT2D eigenvalue weighted by molar-refractivity contribution is 5.89. The standard InChI is InChI=1S/C21H27N3O3/c1-3-22-21(25)23-18-9-10-20-17(13-18)15-24(11-12-27-20)14-16-7-5-6-8-19(16)26-4-2/h5-10,13H,3-4,11-12,14-15H2,1-2H3,(H2,22,23,25). The molecule has 0 spiro atoms. The van der Waals surface area contributed by atoms with Crippen molar-refractivity contribution in [3.8, 4) is 11.5 Å². The number of ether oxygens (including phenoxy) is 2. The first-order valence-electron chi connectivity index (χ1n) is 9.43. The van der Waals surface area contributed by atoms with E-state index in [1.807, 2.05) is 50.2 Å². The first-order chi connectivity index (χ1) is 13.2. The molecule has 144 valence electrons. The first kappa shape index (κ1) is 19.0. The zero-order valence-corrected chi connectivity index (χ0v) is 16.0. The number of hydrogen-bond donors (Lipinski definition) is 2. The Labute approximate surface area is 160 Å². The van der Waals surface area contributed by atoms with Crippen LogP contribution in [0.4, 0.5) is 10.5 Å². The molecular formula is C21H27N3O3. The summed E-state index contributed by atoms with van der Waals surface area (Å²) in [5, 5.41) is 5.60. The molecule has 0 saturated heterocycles. The second-order valence-electron chi connectivity index (χ2n) is 6.41. The summed E-state index contributed by atoms with van der Waals surface area (Å²) in [6, 6.07) is 13.7. The van der Waals surface area contributed by atoms with Crippen LogP contribution in [0.2, 0.25) is 0 Å². The van der Waals surface area contributed by atoms with Crippen LogP contribution in [0.25, 0.3) is 0 Å². The van der Waals surface area contributed by atoms with E-state index < -0.39 is 0 Å². The molecule has 27 heavy (non-hydrogen) atoms. The monoisotopic (exact) mass is 369 g/mol. The lowest BCUT2D eigenvalue weighted by molar-refractivity contribution is 0.216. The smallest absolute Gasteiger partial charge is 0.319 e. The van der Waals surface area contributed by atoms with E-state index in [1.54, 1.807) is 0 Å². The van der Waals surface area contributed by atoms with Crippen molar-refractivity contribution in [2.45, 2.75) is 26.9 Å². The summed E-state index contributed by atoms with van der Waals surface area (Å²) in [7, 11) is 0. The number of carbonyl (C=O) groups excluding carboxylic acids is 1. The Morgan fingerprint density at radius 1 is 1.22 bits per heavy atom. The molecule has 2 aromatic carbocycles. The Morgan fingerprint density at radius 3 is 2.89 bits per heavy atom. The van der Waals surface area contributed by atoms with Crippen molar-refractivity contribution in [1.82, 2.24) is 10.2 Å². The minimum absolute atomic E-state index is 0.200. The molecule has 0 atom stereocenters. The SMILES string of the molecule is CCNC(=O)Nc1ccc2c(c1)CN(Cc1ccccc1OCC)CCO2. The van der Waals surface area contributed by atoms with Crippen LogP contribution >= 0.6 is 0 Å². The third-order valence-corrected chi connectivity index (χ3v) is 4.38. The average molecular weight is 369 g/mol. The lowest BCUT2D eigenvalue weighted by Gasteiger charge is -2.21. The molecule has 0 fully saturated rings. The summed E-state index contributed by atoms with van der Waals surface area (Å²) in [5.74, 6) is 1.80. The highest BCUT2D eigenvalue weighted by Crippen LogP contribution is 2.28. The van der Waals surface area contributed by atoms with Crippen molar-refractivity contribution in [3.63, 3.8) is 0 Å². The van der Waals surface area contributed by atoms with Gasteiger partial charge in [0.05, 0.1) is 6.61 Å². The maximum atomic E-state index is 11.8. The minimum atomic E-state index is -0.200. The summed E-state index contributed by atoms with van der Waals surface area (Å²) in [4.78, 5) is 14.1. The first-order valence-corrected chi connectivity index (χ1v) is 9.43. The van der Waals surface area contributed by atoms with E-state index in [9.17, 15) is 4.79 Å². The maximum absolute atomic E-state index is 11.8. The molecule has 1 aliphatic heterocycles. The van der Waals surface area contributed by atoms with Crippen LogP contribution in [0.3, 0.4) is 0 Å². The number of nitrogens with one attached hydrogen (secondary N) is 2. The Morgan fingerprint density at radius 2 is 2.07 bits per heavy atom. The molecule has 6 heteroatoms. The lowest BCUT2D eigenvalue weighted by atomic mass is 10.1. The maximum Gasteiger partial charge on any atom is 0.319 e. The molecule has 1 aliphatic rings. The number of carbonyl (C=O) groups is 1. The molecule has 1 heterocycles. The van der Waals surface area contributed by atoms with Gasteiger partial charge in [0.2, 0.25) is 0 Å². The lowest BCUT2D eigenvalue weighted by Crippen LogP contribution is -2.28. The largest absolute Gasteiger partial charge is 0.494 e. The number of amides is 2. The normalized spacial score (nSPS) is 13.9. The van der Waals surface area contributed by atoms with Crippen molar-refractivity contribution in [3.05, 3.63) is 53.6 Å². The van der Waals surface area contributed by atoms with Crippen LogP contribution in [0, 0.1) is 0 Å². The van der Waals surface area contributed by atoms with Gasteiger partial charge in [0.15, 0.2) is 0 Å². The van der Waals surface area contributed by atoms with Crippen LogP contribution in [0.15, 0.2) is 42.5 Å². The van der Waals surface area contributed by atoms with E-state index in [0.29, 0.717) is 19.8 Å². The quantitative estimate of drug-likeness (QED) is 0.816. The molecule has 0 bridgehead atoms. The molecule has 0 saturated carbocycles. The van der Waals surface area contributed by atoms with Crippen LogP contribution in [-0.2, 0) is 13.1 Å². The number of rotatable bonds is 6. The second-order valence-corrected chi connectivity index (χ2v) is 6.41. The predicted octanol–water partition coefficient (Wildman–Crippen LogP) is 3.62. The molecule has 0 unspecified atom stereocenters. The molecule has 3 rings (SSSR count). The molecule has 2 amide bonds. The van der Waals surface area contributed by atoms with Gasteiger partial charge in [0, 0.05) is 43.0 Å². The van der Waals surface area contributed by atoms with Gasteiger partial charge >= 0.3 is 6.03 Å². The van der Waals surface area contributed by atoms with Crippen molar-refractivity contribution >= 4 is 11.7 Å². The van der Waals surface area contributed by atoms with Crippen molar-refractivity contribution < 1.29 is 14.3 Å². The summed E-state index contributed by atoms with van der Waals surface area (Å²) in [6.45, 7) is 8.12. The number of nitrogens with zero attached hydrogens (tertiary/aromatic N) is 1. The second kappa shape index (κ2) is 9.28. The van der Waals surface area contributed by atoms with Gasteiger partial charge < -0.3 is 20.1 Å². The molecule has 0 aliphatic carbocycles. The number of para-hydroxylation sites is 1. The summed E-state index contributed by atoms with van der Waals surface area (Å²) >= 11 is 0. The van der Waals surface area contributed by atoms with Crippen molar-refractivity contribution in [1.29, 1.82) is 0 Å². The van der Waals surface area contributed by atoms with E-state index in [0.717, 1.165) is 42.4 Å². The minimum Gasteiger partial charge on any atom is -0.494 e. The predicted molar refractivity (Wildman–Crippen MR) is 106 cm³/mol. The Hall–Kier alpha value is -2.73. The summed E-state index contributed by atoms with van der Waals surface area (Å²) in [6.07, 6.45) is 0. The Kier molecular flexibility index (Phi) is 6.54. The third kappa shape index (κ3) is 5.14. The summed E-state index contributed by atoms with van der Waals surface area (Å²) in [5.41, 5.74) is 3.00. The fourth-order valence-corrected chi connectivity index (χ4v) is 3.17. The van der Waals surface area contributed by atoms with Gasteiger partial charge in [0.25, 0.3) is 0 Å². The number of fused-ring (bicyclic) bond motifs is 1. The van der Waals surface area contributed by atoms with Gasteiger partial charge in [-0.3, -0.25) is 4.90 Å². The van der Waals surface area contributed by atoms with Crippen molar-refractivity contribution in [2.24, 2.45) is 0 Å². The fraction of sp³-hybridized carbons (Fsp3) is 0.381. The van der Waals surface area contributed by atoms with E-state index in [-0.39, 0.29) is 6.03 Å². The molecule has 0 radical (unpaired) electrons. The zero-order chi connectivity index (χ0) is 19.1. The van der Waals surface area contributed by atoms with E-state index in [4.69, 9.17) is 9.47 Å². The Bertz CT molecular complexity index is 779. The zero-order valence-electron chi connectivity index (χ0n) is 16.0. The van der Waals surface area contributed by atoms with Gasteiger partial charge in [-0.15, -0.1) is 0 Å². The van der Waals surface area contributed by atoms with Crippen LogP contribution in [0.5, 0.6) is 11.5 Å². The van der Waals surface area contributed by atoms with Gasteiger partial charge in [-0.1, -0.05) is 18.2 Å². The van der Waals surface area contributed by atoms with Crippen LogP contribution < -0.4 is 20.1 Å². The molecule has 6 nitrogen and oxygen atoms in total. The van der Waals surface area contributed by atoms with Gasteiger partial charge in [-0.25, -0.2) is 4.79 Å². The highest BCUT2D eigenvalue weighted by atomic mass is 16.5. The van der Waals surface area contributed by atoms with Gasteiger partial charge in [-0.05, 0) is 38.1 Å². The van der Waals surface area contributed by atoms with Crippen LogP contribution in [-0.4, -0.2) is 37.2 Å². The number of anilines is 1. The van der Waals surface area contributed by atoms with Crippen LogP contribution in [0.1, 0.15) is 25.0 Å². The topological polar surface area (TPSA) is 62.8 Å². The van der Waals surface area contributed by atoms with E-state index >= 15 is 0 Å². The number of benzene rings is 2. The number of hydrogen-bond acceptors (Lipinski definition) is 4.